The van der Waals surface area contributed by atoms with Crippen LogP contribution in [0, 0.1) is 41.4 Å². The number of nitrogens with two attached hydrogens (primary N) is 1. The molecular formula is C30H49ClN2O3S. The average Bonchev–Trinajstić information content (AvgIpc) is 3.57. The minimum Gasteiger partial charge on any atom is -0.369 e. The van der Waals surface area contributed by atoms with E-state index in [0.717, 1.165) is 54.9 Å². The zero-order valence-corrected chi connectivity index (χ0v) is 25.7. The molecule has 0 aromatic heterocycles. The molecule has 3 aliphatic rings. The summed E-state index contributed by atoms with van der Waals surface area (Å²) >= 11 is 5.82. The molecule has 0 radical (unpaired) electrons. The number of fused-ring (bicyclic) bond motifs is 2. The number of amides is 2. The first-order valence-corrected chi connectivity index (χ1v) is 15.8. The monoisotopic (exact) mass is 552 g/mol. The van der Waals surface area contributed by atoms with Gasteiger partial charge in [-0.15, -0.1) is 0 Å². The largest absolute Gasteiger partial charge is 0.369 e. The van der Waals surface area contributed by atoms with Crippen LogP contribution in [0.15, 0.2) is 23.1 Å². The van der Waals surface area contributed by atoms with Gasteiger partial charge >= 0.3 is 0 Å². The van der Waals surface area contributed by atoms with Crippen LogP contribution in [0.3, 0.4) is 0 Å². The van der Waals surface area contributed by atoms with E-state index in [1.54, 1.807) is 12.3 Å². The van der Waals surface area contributed by atoms with Crippen LogP contribution in [0.4, 0.5) is 0 Å². The Morgan fingerprint density at radius 3 is 2.22 bits per heavy atom. The molecule has 3 fully saturated rings. The predicted molar refractivity (Wildman–Crippen MR) is 155 cm³/mol. The summed E-state index contributed by atoms with van der Waals surface area (Å²) < 4.78 is 11.1. The van der Waals surface area contributed by atoms with E-state index in [-0.39, 0.29) is 28.7 Å². The van der Waals surface area contributed by atoms with Crippen molar-refractivity contribution < 1.29 is 13.8 Å². The zero-order chi connectivity index (χ0) is 28.1. The lowest BCUT2D eigenvalue weighted by molar-refractivity contribution is -0.134. The summed E-state index contributed by atoms with van der Waals surface area (Å²) in [4.78, 5) is 25.0. The first-order valence-electron chi connectivity index (χ1n) is 13.8. The highest BCUT2D eigenvalue weighted by atomic mass is 35.5. The lowest BCUT2D eigenvalue weighted by Gasteiger charge is -2.50. The normalized spacial score (nSPS) is 30.1. The van der Waals surface area contributed by atoms with E-state index in [1.807, 2.05) is 32.9 Å². The summed E-state index contributed by atoms with van der Waals surface area (Å²) in [6.07, 6.45) is 8.94. The van der Waals surface area contributed by atoms with Crippen LogP contribution in [0.2, 0.25) is 5.02 Å². The molecule has 6 atom stereocenters. The molecule has 0 heterocycles. The van der Waals surface area contributed by atoms with Gasteiger partial charge in [-0.2, -0.15) is 0 Å². The number of rotatable bonds is 5. The van der Waals surface area contributed by atoms with E-state index >= 15 is 0 Å². The first-order chi connectivity index (χ1) is 17.1. The summed E-state index contributed by atoms with van der Waals surface area (Å²) in [5.74, 6) is 2.40. The van der Waals surface area contributed by atoms with Gasteiger partial charge in [-0.1, -0.05) is 65.6 Å². The molecule has 3 N–H and O–H groups in total. The Morgan fingerprint density at radius 1 is 1.16 bits per heavy atom. The second kappa shape index (κ2) is 13.1. The molecule has 3 aliphatic carbocycles. The van der Waals surface area contributed by atoms with Crippen molar-refractivity contribution in [2.75, 3.05) is 6.26 Å². The highest BCUT2D eigenvalue weighted by Crippen LogP contribution is 2.51. The Labute approximate surface area is 232 Å². The van der Waals surface area contributed by atoms with E-state index in [0.29, 0.717) is 22.8 Å². The maximum Gasteiger partial charge on any atom is 0.226 e. The minimum atomic E-state index is -0.935. The molecular weight excluding hydrogens is 504 g/mol. The summed E-state index contributed by atoms with van der Waals surface area (Å²) in [5.41, 5.74) is 6.04. The molecule has 210 valence electrons. The SMILES string of the molecule is CC1CC2CC(CC(C)(C(N)=O)C2)C1NC(=O)C1(C)CC1.CCC(C)C.Cc1c(Cl)cccc1S(C)=O. The van der Waals surface area contributed by atoms with E-state index < -0.39 is 10.8 Å². The van der Waals surface area contributed by atoms with Crippen molar-refractivity contribution in [3.05, 3.63) is 28.8 Å². The van der Waals surface area contributed by atoms with Gasteiger partial charge in [0, 0.05) is 33.0 Å². The molecule has 0 saturated heterocycles. The summed E-state index contributed by atoms with van der Waals surface area (Å²) in [6, 6.07) is 5.65. The van der Waals surface area contributed by atoms with Crippen molar-refractivity contribution in [3.63, 3.8) is 0 Å². The van der Waals surface area contributed by atoms with Crippen LogP contribution in [-0.4, -0.2) is 28.3 Å². The Bertz CT molecular complexity index is 976. The molecule has 0 spiro atoms. The lowest BCUT2D eigenvalue weighted by Crippen LogP contribution is -2.55. The van der Waals surface area contributed by atoms with E-state index in [1.165, 1.54) is 6.42 Å². The number of benzene rings is 1. The second-order valence-electron chi connectivity index (χ2n) is 12.6. The predicted octanol–water partition coefficient (Wildman–Crippen LogP) is 6.66. The van der Waals surface area contributed by atoms with Crippen molar-refractivity contribution in [1.82, 2.24) is 5.32 Å². The van der Waals surface area contributed by atoms with Gasteiger partial charge in [-0.25, -0.2) is 0 Å². The van der Waals surface area contributed by atoms with Gasteiger partial charge in [-0.05, 0) is 86.8 Å². The lowest BCUT2D eigenvalue weighted by atomic mass is 9.57. The standard InChI is InChI=1S/C17H28N2O2.C8H9ClOS.C5H12/c1-10-6-11-7-12(9-17(3,8-11)14(18)20)13(10)19-15(21)16(2)4-5-16;1-6-7(9)4-3-5-8(6)11(2)10;1-4-5(2)3/h10-13H,4-9H2,1-3H3,(H2,18,20)(H,19,21);3-5H,1-2H3;5H,4H2,1-3H3. The second-order valence-corrected chi connectivity index (χ2v) is 14.3. The third-order valence-electron chi connectivity index (χ3n) is 8.70. The molecule has 3 saturated carbocycles. The van der Waals surface area contributed by atoms with Crippen molar-refractivity contribution in [3.8, 4) is 0 Å². The fourth-order valence-electron chi connectivity index (χ4n) is 5.58. The third-order valence-corrected chi connectivity index (χ3v) is 10.2. The molecule has 0 aliphatic heterocycles. The van der Waals surface area contributed by atoms with Crippen LogP contribution in [0.5, 0.6) is 0 Å². The number of primary amides is 1. The van der Waals surface area contributed by atoms with Crippen LogP contribution >= 0.6 is 11.6 Å². The fourth-order valence-corrected chi connectivity index (χ4v) is 6.63. The van der Waals surface area contributed by atoms with E-state index in [9.17, 15) is 13.8 Å². The quantitative estimate of drug-likeness (QED) is 0.428. The Balaban J connectivity index is 0.000000252. The van der Waals surface area contributed by atoms with Crippen molar-refractivity contribution >= 4 is 34.2 Å². The summed E-state index contributed by atoms with van der Waals surface area (Å²) in [6.45, 7) is 14.8. The zero-order valence-electron chi connectivity index (χ0n) is 24.2. The number of hydrogen-bond acceptors (Lipinski definition) is 3. The molecule has 4 rings (SSSR count). The maximum absolute atomic E-state index is 12.4. The van der Waals surface area contributed by atoms with Crippen molar-refractivity contribution in [1.29, 1.82) is 0 Å². The van der Waals surface area contributed by atoms with Crippen LogP contribution in [0.1, 0.15) is 92.1 Å². The molecule has 2 amide bonds. The topological polar surface area (TPSA) is 89.3 Å². The maximum atomic E-state index is 12.4. The third kappa shape index (κ3) is 8.54. The number of nitrogens with one attached hydrogen (secondary N) is 1. The Kier molecular flexibility index (Phi) is 11.3. The molecule has 2 bridgehead atoms. The molecule has 1 aromatic rings. The van der Waals surface area contributed by atoms with Crippen LogP contribution < -0.4 is 11.1 Å². The Morgan fingerprint density at radius 2 is 1.76 bits per heavy atom. The number of halogens is 1. The summed E-state index contributed by atoms with van der Waals surface area (Å²) in [5, 5.41) is 3.99. The number of carbonyl (C=O) groups excluding carboxylic acids is 2. The van der Waals surface area contributed by atoms with Crippen LogP contribution in [-0.2, 0) is 20.4 Å². The van der Waals surface area contributed by atoms with Gasteiger partial charge < -0.3 is 11.1 Å². The van der Waals surface area contributed by atoms with Gasteiger partial charge in [0.15, 0.2) is 0 Å². The average molecular weight is 553 g/mol. The van der Waals surface area contributed by atoms with E-state index in [2.05, 4.69) is 33.0 Å². The van der Waals surface area contributed by atoms with E-state index in [4.69, 9.17) is 17.3 Å². The number of hydrogen-bond donors (Lipinski definition) is 2. The fraction of sp³-hybridized carbons (Fsp3) is 0.733. The molecule has 6 unspecified atom stereocenters. The Hall–Kier alpha value is -1.40. The number of carbonyl (C=O) groups is 2. The summed E-state index contributed by atoms with van der Waals surface area (Å²) in [7, 11) is -0.935. The van der Waals surface area contributed by atoms with Gasteiger partial charge in [0.1, 0.15) is 0 Å². The van der Waals surface area contributed by atoms with Gasteiger partial charge in [0.05, 0.1) is 10.8 Å². The molecule has 7 heteroatoms. The van der Waals surface area contributed by atoms with Gasteiger partial charge in [0.25, 0.3) is 0 Å². The van der Waals surface area contributed by atoms with Gasteiger partial charge in [0.2, 0.25) is 11.8 Å². The highest BCUT2D eigenvalue weighted by molar-refractivity contribution is 7.84. The van der Waals surface area contributed by atoms with Crippen LogP contribution in [0.25, 0.3) is 0 Å². The smallest absolute Gasteiger partial charge is 0.226 e. The molecule has 5 nitrogen and oxygen atoms in total. The first kappa shape index (κ1) is 31.8. The van der Waals surface area contributed by atoms with Gasteiger partial charge in [-0.3, -0.25) is 13.8 Å². The van der Waals surface area contributed by atoms with Crippen molar-refractivity contribution in [2.24, 2.45) is 40.2 Å². The minimum absolute atomic E-state index is 0.127. The molecule has 37 heavy (non-hydrogen) atoms. The highest BCUT2D eigenvalue weighted by Gasteiger charge is 2.51. The van der Waals surface area contributed by atoms with Crippen molar-refractivity contribution in [2.45, 2.75) is 104 Å². The molecule has 1 aromatic carbocycles.